The zero-order valence-electron chi connectivity index (χ0n) is 15.8. The highest BCUT2D eigenvalue weighted by Gasteiger charge is 2.23. The number of ether oxygens (including phenoxy) is 1. The largest absolute Gasteiger partial charge is 0.483 e. The van der Waals surface area contributed by atoms with E-state index in [9.17, 15) is 10.1 Å². The van der Waals surface area contributed by atoms with Gasteiger partial charge in [0.1, 0.15) is 16.8 Å². The number of halogens is 1. The standard InChI is InChI=1S/C21H21BrN2O2S2/c1-3-13-9-14(22)5-7-18(13)26-11-19(25)24-20-17(10-23)15-6-4-12(2)8-16(15)21(27)28-20/h5,7,9,12H,3-4,6,8,11H2,1-2H3,(H,24,25). The van der Waals surface area contributed by atoms with Gasteiger partial charge in [-0.15, -0.1) is 11.3 Å². The summed E-state index contributed by atoms with van der Waals surface area (Å²) in [5, 5.41) is 13.0. The number of anilines is 1. The van der Waals surface area contributed by atoms with Crippen molar-refractivity contribution >= 4 is 50.4 Å². The Kier molecular flexibility index (Phi) is 6.86. The van der Waals surface area contributed by atoms with E-state index in [0.717, 1.165) is 50.7 Å². The number of hydrogen-bond donors (Lipinski definition) is 1. The fourth-order valence-corrected chi connectivity index (χ4v) is 5.23. The number of benzene rings is 1. The lowest BCUT2D eigenvalue weighted by Crippen LogP contribution is -2.22. The van der Waals surface area contributed by atoms with Crippen molar-refractivity contribution in [2.45, 2.75) is 39.5 Å². The van der Waals surface area contributed by atoms with Crippen molar-refractivity contribution in [3.8, 4) is 11.8 Å². The molecule has 1 aromatic carbocycles. The van der Waals surface area contributed by atoms with Crippen LogP contribution in [0.25, 0.3) is 0 Å². The van der Waals surface area contributed by atoms with Crippen molar-refractivity contribution in [2.75, 3.05) is 11.9 Å². The van der Waals surface area contributed by atoms with E-state index in [4.69, 9.17) is 17.0 Å². The van der Waals surface area contributed by atoms with Gasteiger partial charge in [0.15, 0.2) is 6.61 Å². The van der Waals surface area contributed by atoms with Crippen LogP contribution in [0.5, 0.6) is 5.75 Å². The normalized spacial score (nSPS) is 15.4. The van der Waals surface area contributed by atoms with Gasteiger partial charge in [-0.1, -0.05) is 42.0 Å². The van der Waals surface area contributed by atoms with E-state index in [-0.39, 0.29) is 12.5 Å². The maximum atomic E-state index is 12.5. The van der Waals surface area contributed by atoms with E-state index in [2.05, 4.69) is 34.2 Å². The van der Waals surface area contributed by atoms with E-state index < -0.39 is 0 Å². The molecule has 0 saturated carbocycles. The van der Waals surface area contributed by atoms with Crippen molar-refractivity contribution in [3.63, 3.8) is 0 Å². The van der Waals surface area contributed by atoms with Gasteiger partial charge >= 0.3 is 0 Å². The van der Waals surface area contributed by atoms with Gasteiger partial charge in [-0.25, -0.2) is 0 Å². The van der Waals surface area contributed by atoms with Gasteiger partial charge in [0.25, 0.3) is 5.91 Å². The molecule has 0 aliphatic heterocycles. The summed E-state index contributed by atoms with van der Waals surface area (Å²) in [5.74, 6) is 0.963. The van der Waals surface area contributed by atoms with Crippen LogP contribution in [0, 0.1) is 21.1 Å². The van der Waals surface area contributed by atoms with Crippen LogP contribution in [0.3, 0.4) is 0 Å². The zero-order valence-corrected chi connectivity index (χ0v) is 19.0. The molecule has 1 heterocycles. The molecule has 28 heavy (non-hydrogen) atoms. The lowest BCUT2D eigenvalue weighted by molar-refractivity contribution is -0.118. The summed E-state index contributed by atoms with van der Waals surface area (Å²) in [6, 6.07) is 7.99. The van der Waals surface area contributed by atoms with Crippen LogP contribution < -0.4 is 10.1 Å². The molecule has 146 valence electrons. The Morgan fingerprint density at radius 2 is 2.25 bits per heavy atom. The van der Waals surface area contributed by atoms with Gasteiger partial charge in [0.2, 0.25) is 0 Å². The second-order valence-corrected chi connectivity index (χ2v) is 9.56. The molecule has 1 aliphatic carbocycles. The first kappa shape index (κ1) is 21.0. The molecule has 0 bridgehead atoms. The lowest BCUT2D eigenvalue weighted by Gasteiger charge is -2.23. The molecule has 0 radical (unpaired) electrons. The lowest BCUT2D eigenvalue weighted by atomic mass is 9.85. The van der Waals surface area contributed by atoms with Gasteiger partial charge < -0.3 is 10.1 Å². The van der Waals surface area contributed by atoms with E-state index >= 15 is 0 Å². The zero-order chi connectivity index (χ0) is 20.3. The predicted molar refractivity (Wildman–Crippen MR) is 119 cm³/mol. The molecule has 2 aromatic rings. The van der Waals surface area contributed by atoms with Gasteiger partial charge in [0, 0.05) is 4.47 Å². The number of nitrogens with zero attached hydrogens (tertiary/aromatic N) is 1. The van der Waals surface area contributed by atoms with E-state index in [0.29, 0.717) is 22.2 Å². The Morgan fingerprint density at radius 3 is 2.96 bits per heavy atom. The van der Waals surface area contributed by atoms with Crippen LogP contribution in [0.2, 0.25) is 0 Å². The van der Waals surface area contributed by atoms with Crippen molar-refractivity contribution in [1.29, 1.82) is 5.26 Å². The number of amides is 1. The third kappa shape index (κ3) is 4.62. The summed E-state index contributed by atoms with van der Waals surface area (Å²) in [6.07, 6.45) is 3.57. The highest BCUT2D eigenvalue weighted by Crippen LogP contribution is 2.36. The molecule has 1 aromatic heterocycles. The Bertz CT molecular complexity index is 1010. The molecule has 1 unspecified atom stereocenters. The summed E-state index contributed by atoms with van der Waals surface area (Å²) in [6.45, 7) is 4.12. The van der Waals surface area contributed by atoms with Crippen molar-refractivity contribution < 1.29 is 9.53 Å². The number of nitrogens with one attached hydrogen (secondary N) is 1. The fourth-order valence-electron chi connectivity index (χ4n) is 3.42. The van der Waals surface area contributed by atoms with Crippen LogP contribution >= 0.6 is 39.5 Å². The second kappa shape index (κ2) is 9.17. The summed E-state index contributed by atoms with van der Waals surface area (Å²) in [4.78, 5) is 12.5. The van der Waals surface area contributed by atoms with E-state index in [1.54, 1.807) is 0 Å². The molecule has 7 heteroatoms. The molecule has 4 nitrogen and oxygen atoms in total. The molecule has 0 spiro atoms. The van der Waals surface area contributed by atoms with E-state index in [1.165, 1.54) is 11.3 Å². The summed E-state index contributed by atoms with van der Waals surface area (Å²) < 4.78 is 7.45. The van der Waals surface area contributed by atoms with Crippen LogP contribution in [-0.2, 0) is 24.1 Å². The number of fused-ring (bicyclic) bond motifs is 1. The number of carbonyl (C=O) groups is 1. The molecule has 1 N–H and O–H groups in total. The average Bonchev–Trinajstić information content (AvgIpc) is 2.67. The first-order valence-electron chi connectivity index (χ1n) is 9.23. The first-order chi connectivity index (χ1) is 13.4. The molecule has 1 aliphatic rings. The molecule has 3 rings (SSSR count). The monoisotopic (exact) mass is 476 g/mol. The van der Waals surface area contributed by atoms with Crippen LogP contribution in [-0.4, -0.2) is 12.5 Å². The quantitative estimate of drug-likeness (QED) is 0.552. The Labute approximate surface area is 182 Å². The SMILES string of the molecule is CCc1cc(Br)ccc1OCC(=O)Nc1sc(=S)c2c(c1C#N)CCC(C)C2. The van der Waals surface area contributed by atoms with Crippen LogP contribution in [0.15, 0.2) is 22.7 Å². The van der Waals surface area contributed by atoms with Crippen molar-refractivity contribution in [1.82, 2.24) is 0 Å². The second-order valence-electron chi connectivity index (χ2n) is 6.95. The minimum Gasteiger partial charge on any atom is -0.483 e. The molecule has 1 amide bonds. The smallest absolute Gasteiger partial charge is 0.262 e. The number of aryl methyl sites for hydroxylation is 1. The maximum absolute atomic E-state index is 12.5. The first-order valence-corrected chi connectivity index (χ1v) is 11.2. The molecule has 1 atom stereocenters. The Hall–Kier alpha value is -1.75. The number of rotatable bonds is 5. The van der Waals surface area contributed by atoms with Gasteiger partial charge in [-0.3, -0.25) is 4.79 Å². The molecular formula is C21H21BrN2O2S2. The third-order valence-electron chi connectivity index (χ3n) is 4.90. The Balaban J connectivity index is 1.77. The van der Waals surface area contributed by atoms with Gasteiger partial charge in [-0.05, 0) is 66.5 Å². The number of nitriles is 1. The summed E-state index contributed by atoms with van der Waals surface area (Å²) in [5.41, 5.74) is 3.68. The van der Waals surface area contributed by atoms with Crippen molar-refractivity contribution in [3.05, 3.63) is 48.7 Å². The maximum Gasteiger partial charge on any atom is 0.262 e. The van der Waals surface area contributed by atoms with E-state index in [1.807, 2.05) is 25.1 Å². The minimum atomic E-state index is -0.295. The fraction of sp³-hybridized carbons (Fsp3) is 0.381. The van der Waals surface area contributed by atoms with Crippen LogP contribution in [0.4, 0.5) is 5.00 Å². The number of hydrogen-bond acceptors (Lipinski definition) is 5. The summed E-state index contributed by atoms with van der Waals surface area (Å²) >= 11 is 10.3. The summed E-state index contributed by atoms with van der Waals surface area (Å²) in [7, 11) is 0. The Morgan fingerprint density at radius 1 is 1.46 bits per heavy atom. The van der Waals surface area contributed by atoms with Crippen LogP contribution in [0.1, 0.15) is 42.5 Å². The van der Waals surface area contributed by atoms with Crippen molar-refractivity contribution in [2.24, 2.45) is 5.92 Å². The highest BCUT2D eigenvalue weighted by atomic mass is 79.9. The average molecular weight is 477 g/mol. The molecule has 0 fully saturated rings. The third-order valence-corrected chi connectivity index (χ3v) is 6.83. The number of carbonyl (C=O) groups excluding carboxylic acids is 1. The molecule has 0 saturated heterocycles. The van der Waals surface area contributed by atoms with Gasteiger partial charge in [0.05, 0.1) is 9.39 Å². The van der Waals surface area contributed by atoms with Gasteiger partial charge in [-0.2, -0.15) is 5.26 Å². The topological polar surface area (TPSA) is 62.1 Å². The predicted octanol–water partition coefficient (Wildman–Crippen LogP) is 5.82. The minimum absolute atomic E-state index is 0.118. The highest BCUT2D eigenvalue weighted by molar-refractivity contribution is 9.10. The molecular weight excluding hydrogens is 456 g/mol.